The molecule has 3 nitrogen and oxygen atoms in total. The molecule has 0 fully saturated rings. The normalized spacial score (nSPS) is 10.7. The first-order chi connectivity index (χ1) is 11.1. The maximum absolute atomic E-state index is 12.1. The molecule has 0 amide bonds. The van der Waals surface area contributed by atoms with Crippen molar-refractivity contribution in [2.24, 2.45) is 0 Å². The van der Waals surface area contributed by atoms with Gasteiger partial charge in [-0.3, -0.25) is 4.79 Å². The van der Waals surface area contributed by atoms with E-state index in [1.54, 1.807) is 30.5 Å². The largest absolute Gasteiger partial charge is 0.431 e. The van der Waals surface area contributed by atoms with Crippen LogP contribution < -0.4 is 0 Å². The van der Waals surface area contributed by atoms with E-state index in [0.29, 0.717) is 21.6 Å². The number of benzene rings is 2. The molecule has 3 aromatic rings. The topological polar surface area (TPSA) is 43.1 Å². The average Bonchev–Trinajstić information content (AvgIpc) is 3.03. The summed E-state index contributed by atoms with van der Waals surface area (Å²) in [6.45, 7) is 0. The Bertz CT molecular complexity index is 815. The number of halogens is 2. The molecule has 0 spiro atoms. The highest BCUT2D eigenvalue weighted by Gasteiger charge is 2.11. The van der Waals surface area contributed by atoms with Gasteiger partial charge in [-0.2, -0.15) is 0 Å². The minimum Gasteiger partial charge on any atom is -0.431 e. The van der Waals surface area contributed by atoms with E-state index in [0.717, 1.165) is 10.0 Å². The van der Waals surface area contributed by atoms with Gasteiger partial charge >= 0.3 is 0 Å². The molecule has 0 aliphatic rings. The lowest BCUT2D eigenvalue weighted by Crippen LogP contribution is -2.01. The van der Waals surface area contributed by atoms with E-state index >= 15 is 0 Å². The molecule has 0 saturated carbocycles. The van der Waals surface area contributed by atoms with E-state index in [-0.39, 0.29) is 11.5 Å². The Hall–Kier alpha value is -1.56. The van der Waals surface area contributed by atoms with Crippen LogP contribution in [0.2, 0.25) is 5.02 Å². The fourth-order valence-electron chi connectivity index (χ4n) is 1.92. The highest BCUT2D eigenvalue weighted by atomic mass is 79.9. The Labute approximate surface area is 151 Å². The van der Waals surface area contributed by atoms with Crippen molar-refractivity contribution in [2.75, 3.05) is 5.75 Å². The molecular weight excluding hydrogens is 398 g/mol. The number of nitrogens with zero attached hydrogens (tertiary/aromatic N) is 1. The lowest BCUT2D eigenvalue weighted by Gasteiger charge is -1.99. The fourth-order valence-corrected chi connectivity index (χ4v) is 3.01. The van der Waals surface area contributed by atoms with Crippen LogP contribution in [0.25, 0.3) is 11.3 Å². The number of ketones is 1. The first-order valence-electron chi connectivity index (χ1n) is 6.75. The maximum Gasteiger partial charge on any atom is 0.256 e. The van der Waals surface area contributed by atoms with Gasteiger partial charge in [-0.05, 0) is 36.4 Å². The summed E-state index contributed by atoms with van der Waals surface area (Å²) in [6.07, 6.45) is 1.67. The summed E-state index contributed by atoms with van der Waals surface area (Å²) in [5, 5.41) is 1.09. The van der Waals surface area contributed by atoms with E-state index in [1.807, 2.05) is 24.3 Å². The van der Waals surface area contributed by atoms with Crippen molar-refractivity contribution in [1.29, 1.82) is 0 Å². The summed E-state index contributed by atoms with van der Waals surface area (Å²) in [4.78, 5) is 16.3. The number of carbonyl (C=O) groups excluding carboxylic acids is 1. The van der Waals surface area contributed by atoms with Gasteiger partial charge in [0.05, 0.1) is 11.9 Å². The van der Waals surface area contributed by atoms with E-state index in [9.17, 15) is 4.79 Å². The third kappa shape index (κ3) is 4.25. The molecule has 0 bridgehead atoms. The Morgan fingerprint density at radius 2 is 1.83 bits per heavy atom. The summed E-state index contributed by atoms with van der Waals surface area (Å²) in [6, 6.07) is 14.6. The quantitative estimate of drug-likeness (QED) is 0.399. The van der Waals surface area contributed by atoms with Crippen molar-refractivity contribution in [1.82, 2.24) is 4.98 Å². The zero-order valence-electron chi connectivity index (χ0n) is 11.8. The van der Waals surface area contributed by atoms with Crippen LogP contribution in [-0.2, 0) is 0 Å². The number of thioether (sulfide) groups is 1. The lowest BCUT2D eigenvalue weighted by atomic mass is 10.1. The van der Waals surface area contributed by atoms with Crippen LogP contribution in [0.5, 0.6) is 0 Å². The molecule has 0 N–H and O–H groups in total. The Kier molecular flexibility index (Phi) is 5.20. The number of hydrogen-bond donors (Lipinski definition) is 0. The molecule has 1 aromatic heterocycles. The summed E-state index contributed by atoms with van der Waals surface area (Å²) in [7, 11) is 0. The first kappa shape index (κ1) is 16.3. The molecular formula is C17H11BrClNO2S. The van der Waals surface area contributed by atoms with Crippen molar-refractivity contribution < 1.29 is 9.21 Å². The van der Waals surface area contributed by atoms with Crippen LogP contribution in [0.1, 0.15) is 10.4 Å². The number of hydrogen-bond acceptors (Lipinski definition) is 4. The van der Waals surface area contributed by atoms with Crippen LogP contribution in [0, 0.1) is 0 Å². The van der Waals surface area contributed by atoms with E-state index in [1.165, 1.54) is 11.8 Å². The van der Waals surface area contributed by atoms with Gasteiger partial charge in [-0.1, -0.05) is 51.4 Å². The summed E-state index contributed by atoms with van der Waals surface area (Å²) < 4.78 is 6.68. The van der Waals surface area contributed by atoms with Crippen LogP contribution in [-0.4, -0.2) is 16.5 Å². The zero-order chi connectivity index (χ0) is 16.2. The summed E-state index contributed by atoms with van der Waals surface area (Å²) in [5.41, 5.74) is 1.57. The molecule has 6 heteroatoms. The fraction of sp³-hybridized carbons (Fsp3) is 0.0588. The number of rotatable bonds is 5. The third-order valence-corrected chi connectivity index (χ3v) is 4.73. The molecule has 0 aliphatic heterocycles. The van der Waals surface area contributed by atoms with Crippen LogP contribution >= 0.6 is 39.3 Å². The lowest BCUT2D eigenvalue weighted by molar-refractivity contribution is 0.102. The van der Waals surface area contributed by atoms with Crippen LogP contribution in [0.15, 0.2) is 68.8 Å². The monoisotopic (exact) mass is 407 g/mol. The SMILES string of the molecule is O=C(CSc1ncc(-c2ccc(Br)cc2)o1)c1ccc(Cl)cc1. The minimum absolute atomic E-state index is 0.00931. The number of aromatic nitrogens is 1. The number of oxazole rings is 1. The van der Waals surface area contributed by atoms with E-state index in [2.05, 4.69) is 20.9 Å². The first-order valence-corrected chi connectivity index (χ1v) is 8.91. The molecule has 0 aliphatic carbocycles. The van der Waals surface area contributed by atoms with Crippen LogP contribution in [0.3, 0.4) is 0 Å². The molecule has 0 atom stereocenters. The second-order valence-corrected chi connectivity index (χ2v) is 6.99. The molecule has 0 unspecified atom stereocenters. The maximum atomic E-state index is 12.1. The second-order valence-electron chi connectivity index (χ2n) is 4.72. The second kappa shape index (κ2) is 7.34. The smallest absolute Gasteiger partial charge is 0.256 e. The predicted octanol–water partition coefficient (Wildman–Crippen LogP) is 5.73. The molecule has 2 aromatic carbocycles. The molecule has 0 saturated heterocycles. The third-order valence-electron chi connectivity index (χ3n) is 3.11. The van der Waals surface area contributed by atoms with Crippen molar-refractivity contribution in [3.63, 3.8) is 0 Å². The molecule has 1 heterocycles. The van der Waals surface area contributed by atoms with Crippen LogP contribution in [0.4, 0.5) is 0 Å². The number of carbonyl (C=O) groups is 1. The van der Waals surface area contributed by atoms with Gasteiger partial charge in [0.2, 0.25) is 0 Å². The Balaban J connectivity index is 1.64. The molecule has 3 rings (SSSR count). The highest BCUT2D eigenvalue weighted by molar-refractivity contribution is 9.10. The highest BCUT2D eigenvalue weighted by Crippen LogP contribution is 2.27. The number of Topliss-reactive ketones (excluding diaryl/α,β-unsaturated/α-hetero) is 1. The zero-order valence-corrected chi connectivity index (χ0v) is 15.0. The predicted molar refractivity (Wildman–Crippen MR) is 96.1 cm³/mol. The van der Waals surface area contributed by atoms with Gasteiger partial charge in [0, 0.05) is 20.6 Å². The Morgan fingerprint density at radius 3 is 2.52 bits per heavy atom. The van der Waals surface area contributed by atoms with Gasteiger partial charge in [-0.25, -0.2) is 4.98 Å². The van der Waals surface area contributed by atoms with Crippen molar-refractivity contribution in [3.8, 4) is 11.3 Å². The standard InChI is InChI=1S/C17H11BrClNO2S/c18-13-5-1-12(2-6-13)16-9-20-17(22-16)23-10-15(21)11-3-7-14(19)8-4-11/h1-9H,10H2. The van der Waals surface area contributed by atoms with Gasteiger partial charge < -0.3 is 4.42 Å². The molecule has 0 radical (unpaired) electrons. The molecule has 23 heavy (non-hydrogen) atoms. The minimum atomic E-state index is 0.00931. The van der Waals surface area contributed by atoms with E-state index < -0.39 is 0 Å². The van der Waals surface area contributed by atoms with Crippen molar-refractivity contribution in [3.05, 3.63) is 69.8 Å². The summed E-state index contributed by atoms with van der Waals surface area (Å²) in [5.74, 6) is 0.955. The summed E-state index contributed by atoms with van der Waals surface area (Å²) >= 11 is 10.5. The van der Waals surface area contributed by atoms with Gasteiger partial charge in [0.25, 0.3) is 5.22 Å². The van der Waals surface area contributed by atoms with Gasteiger partial charge in [-0.15, -0.1) is 0 Å². The Morgan fingerprint density at radius 1 is 1.13 bits per heavy atom. The average molecular weight is 409 g/mol. The van der Waals surface area contributed by atoms with Crippen molar-refractivity contribution in [2.45, 2.75) is 5.22 Å². The van der Waals surface area contributed by atoms with Gasteiger partial charge in [0.1, 0.15) is 0 Å². The molecule has 116 valence electrons. The van der Waals surface area contributed by atoms with Gasteiger partial charge in [0.15, 0.2) is 11.5 Å². The van der Waals surface area contributed by atoms with E-state index in [4.69, 9.17) is 16.0 Å². The van der Waals surface area contributed by atoms with Crippen molar-refractivity contribution >= 4 is 45.1 Å².